The fourth-order valence-electron chi connectivity index (χ4n) is 2.23. The predicted molar refractivity (Wildman–Crippen MR) is 83.5 cm³/mol. The van der Waals surface area contributed by atoms with E-state index in [4.69, 9.17) is 9.47 Å². The smallest absolute Gasteiger partial charge is 0.125 e. The van der Waals surface area contributed by atoms with Crippen molar-refractivity contribution in [1.82, 2.24) is 0 Å². The second-order valence-electron chi connectivity index (χ2n) is 4.92. The lowest BCUT2D eigenvalue weighted by atomic mass is 10.0. The van der Waals surface area contributed by atoms with Crippen molar-refractivity contribution in [3.8, 4) is 5.75 Å². The SMILES string of the molecule is COCCOc1ccccc1C(O)CCc1ccccc1. The molecule has 2 aromatic rings. The van der Waals surface area contributed by atoms with Gasteiger partial charge in [0.2, 0.25) is 0 Å². The number of hydrogen-bond donors (Lipinski definition) is 1. The van der Waals surface area contributed by atoms with Crippen LogP contribution in [0, 0.1) is 0 Å². The van der Waals surface area contributed by atoms with E-state index in [0.717, 1.165) is 17.7 Å². The van der Waals surface area contributed by atoms with Crippen LogP contribution < -0.4 is 4.74 Å². The van der Waals surface area contributed by atoms with Gasteiger partial charge in [-0.3, -0.25) is 0 Å². The van der Waals surface area contributed by atoms with Gasteiger partial charge in [0.1, 0.15) is 12.4 Å². The van der Waals surface area contributed by atoms with E-state index < -0.39 is 6.10 Å². The molecule has 1 atom stereocenters. The molecule has 0 amide bonds. The minimum absolute atomic E-state index is 0.485. The van der Waals surface area contributed by atoms with Crippen molar-refractivity contribution in [3.63, 3.8) is 0 Å². The van der Waals surface area contributed by atoms with Gasteiger partial charge in [0, 0.05) is 12.7 Å². The highest BCUT2D eigenvalue weighted by Gasteiger charge is 2.13. The third-order valence-electron chi connectivity index (χ3n) is 3.37. The number of ether oxygens (including phenoxy) is 2. The van der Waals surface area contributed by atoms with Crippen molar-refractivity contribution in [2.24, 2.45) is 0 Å². The Morgan fingerprint density at radius 2 is 1.67 bits per heavy atom. The highest BCUT2D eigenvalue weighted by molar-refractivity contribution is 5.35. The number of hydrogen-bond acceptors (Lipinski definition) is 3. The van der Waals surface area contributed by atoms with Crippen LogP contribution in [-0.2, 0) is 11.2 Å². The van der Waals surface area contributed by atoms with E-state index in [1.807, 2.05) is 42.5 Å². The zero-order valence-corrected chi connectivity index (χ0v) is 12.4. The van der Waals surface area contributed by atoms with Crippen molar-refractivity contribution in [2.75, 3.05) is 20.3 Å². The van der Waals surface area contributed by atoms with E-state index in [2.05, 4.69) is 12.1 Å². The minimum atomic E-state index is -0.524. The summed E-state index contributed by atoms with van der Waals surface area (Å²) in [7, 11) is 1.64. The molecular formula is C18H22O3. The molecule has 3 heteroatoms. The largest absolute Gasteiger partial charge is 0.491 e. The van der Waals surface area contributed by atoms with E-state index >= 15 is 0 Å². The van der Waals surface area contributed by atoms with Gasteiger partial charge in [-0.15, -0.1) is 0 Å². The van der Waals surface area contributed by atoms with Gasteiger partial charge in [0.15, 0.2) is 0 Å². The van der Waals surface area contributed by atoms with E-state index in [9.17, 15) is 5.11 Å². The normalized spacial score (nSPS) is 12.1. The average Bonchev–Trinajstić information content (AvgIpc) is 2.54. The van der Waals surface area contributed by atoms with E-state index in [1.54, 1.807) is 7.11 Å². The Kier molecular flexibility index (Phi) is 6.25. The number of aryl methyl sites for hydroxylation is 1. The number of benzene rings is 2. The molecule has 0 aromatic heterocycles. The van der Waals surface area contributed by atoms with Crippen molar-refractivity contribution in [1.29, 1.82) is 0 Å². The number of rotatable bonds is 8. The molecule has 112 valence electrons. The van der Waals surface area contributed by atoms with Gasteiger partial charge in [0.05, 0.1) is 12.7 Å². The zero-order valence-electron chi connectivity index (χ0n) is 12.4. The average molecular weight is 286 g/mol. The summed E-state index contributed by atoms with van der Waals surface area (Å²) < 4.78 is 10.6. The van der Waals surface area contributed by atoms with Gasteiger partial charge in [-0.2, -0.15) is 0 Å². The topological polar surface area (TPSA) is 38.7 Å². The van der Waals surface area contributed by atoms with Crippen LogP contribution in [0.4, 0.5) is 0 Å². The summed E-state index contributed by atoms with van der Waals surface area (Å²) in [4.78, 5) is 0. The molecule has 0 saturated heterocycles. The van der Waals surface area contributed by atoms with Crippen LogP contribution in [0.25, 0.3) is 0 Å². The van der Waals surface area contributed by atoms with Crippen LogP contribution in [0.3, 0.4) is 0 Å². The molecule has 1 N–H and O–H groups in total. The maximum absolute atomic E-state index is 10.4. The first-order valence-corrected chi connectivity index (χ1v) is 7.24. The first kappa shape index (κ1) is 15.5. The summed E-state index contributed by atoms with van der Waals surface area (Å²) in [5, 5.41) is 10.4. The number of para-hydroxylation sites is 1. The monoisotopic (exact) mass is 286 g/mol. The Bertz CT molecular complexity index is 525. The Balaban J connectivity index is 1.96. The molecule has 0 heterocycles. The number of methoxy groups -OCH3 is 1. The lowest BCUT2D eigenvalue weighted by Gasteiger charge is -2.16. The fraction of sp³-hybridized carbons (Fsp3) is 0.333. The highest BCUT2D eigenvalue weighted by Crippen LogP contribution is 2.28. The van der Waals surface area contributed by atoms with Gasteiger partial charge in [-0.05, 0) is 24.5 Å². The molecular weight excluding hydrogens is 264 g/mol. The molecule has 0 aliphatic carbocycles. The fourth-order valence-corrected chi connectivity index (χ4v) is 2.23. The van der Waals surface area contributed by atoms with Crippen molar-refractivity contribution in [2.45, 2.75) is 18.9 Å². The van der Waals surface area contributed by atoms with Crippen molar-refractivity contribution >= 4 is 0 Å². The van der Waals surface area contributed by atoms with Gasteiger partial charge in [-0.25, -0.2) is 0 Å². The van der Waals surface area contributed by atoms with Gasteiger partial charge >= 0.3 is 0 Å². The summed E-state index contributed by atoms with van der Waals surface area (Å²) in [6, 6.07) is 17.8. The third kappa shape index (κ3) is 4.88. The Labute approximate surface area is 126 Å². The van der Waals surface area contributed by atoms with Crippen molar-refractivity contribution in [3.05, 3.63) is 65.7 Å². The standard InChI is InChI=1S/C18H22O3/c1-20-13-14-21-18-10-6-5-9-16(18)17(19)12-11-15-7-3-2-4-8-15/h2-10,17,19H,11-14H2,1H3. The highest BCUT2D eigenvalue weighted by atomic mass is 16.5. The summed E-state index contributed by atoms with van der Waals surface area (Å²) in [5.41, 5.74) is 2.07. The molecule has 2 aromatic carbocycles. The predicted octanol–water partition coefficient (Wildman–Crippen LogP) is 3.38. The van der Waals surface area contributed by atoms with E-state index in [0.29, 0.717) is 19.6 Å². The molecule has 1 unspecified atom stereocenters. The quantitative estimate of drug-likeness (QED) is 0.756. The first-order valence-electron chi connectivity index (χ1n) is 7.24. The summed E-state index contributed by atoms with van der Waals surface area (Å²) >= 11 is 0. The van der Waals surface area contributed by atoms with Crippen LogP contribution in [0.15, 0.2) is 54.6 Å². The lowest BCUT2D eigenvalue weighted by Crippen LogP contribution is -2.08. The molecule has 0 bridgehead atoms. The first-order chi connectivity index (χ1) is 10.3. The second kappa shape index (κ2) is 8.45. The summed E-state index contributed by atoms with van der Waals surface area (Å²) in [6.07, 6.45) is 0.993. The van der Waals surface area contributed by atoms with Crippen LogP contribution in [0.1, 0.15) is 23.7 Å². The van der Waals surface area contributed by atoms with Gasteiger partial charge in [0.25, 0.3) is 0 Å². The Hall–Kier alpha value is -1.84. The molecule has 0 aliphatic rings. The second-order valence-corrected chi connectivity index (χ2v) is 4.92. The van der Waals surface area contributed by atoms with Crippen LogP contribution in [-0.4, -0.2) is 25.4 Å². The number of aliphatic hydroxyl groups excluding tert-OH is 1. The molecule has 0 saturated carbocycles. The maximum Gasteiger partial charge on any atom is 0.125 e. The molecule has 0 fully saturated rings. The molecule has 21 heavy (non-hydrogen) atoms. The molecule has 0 radical (unpaired) electrons. The Morgan fingerprint density at radius 1 is 0.952 bits per heavy atom. The zero-order chi connectivity index (χ0) is 14.9. The molecule has 0 spiro atoms. The molecule has 2 rings (SSSR count). The number of aliphatic hydroxyl groups is 1. The maximum atomic E-state index is 10.4. The van der Waals surface area contributed by atoms with Crippen LogP contribution in [0.2, 0.25) is 0 Å². The molecule has 0 aliphatic heterocycles. The van der Waals surface area contributed by atoms with Crippen LogP contribution >= 0.6 is 0 Å². The third-order valence-corrected chi connectivity index (χ3v) is 3.37. The summed E-state index contributed by atoms with van der Waals surface area (Å²) in [5.74, 6) is 0.732. The Morgan fingerprint density at radius 3 is 2.43 bits per heavy atom. The van der Waals surface area contributed by atoms with E-state index in [1.165, 1.54) is 5.56 Å². The van der Waals surface area contributed by atoms with Gasteiger partial charge < -0.3 is 14.6 Å². The van der Waals surface area contributed by atoms with Gasteiger partial charge in [-0.1, -0.05) is 48.5 Å². The molecule has 3 nitrogen and oxygen atoms in total. The minimum Gasteiger partial charge on any atom is -0.491 e. The van der Waals surface area contributed by atoms with E-state index in [-0.39, 0.29) is 0 Å². The van der Waals surface area contributed by atoms with Crippen LogP contribution in [0.5, 0.6) is 5.75 Å². The lowest BCUT2D eigenvalue weighted by molar-refractivity contribution is 0.136. The summed E-state index contributed by atoms with van der Waals surface area (Å²) in [6.45, 7) is 1.02. The van der Waals surface area contributed by atoms with Crippen molar-refractivity contribution < 1.29 is 14.6 Å².